The van der Waals surface area contributed by atoms with Crippen LogP contribution in [-0.4, -0.2) is 51.9 Å². The smallest absolute Gasteiger partial charge is 0.264 e. The Morgan fingerprint density at radius 3 is 2.02 bits per heavy atom. The third-order valence-electron chi connectivity index (χ3n) is 7.21. The molecule has 0 radical (unpaired) electrons. The summed E-state index contributed by atoms with van der Waals surface area (Å²) in [5.41, 5.74) is 3.81. The molecule has 4 aromatic rings. The van der Waals surface area contributed by atoms with Gasteiger partial charge < -0.3 is 15.0 Å². The van der Waals surface area contributed by atoms with Crippen molar-refractivity contribution in [2.45, 2.75) is 37.8 Å². The summed E-state index contributed by atoms with van der Waals surface area (Å²) in [5, 5.41) is 2.69. The van der Waals surface area contributed by atoms with Crippen LogP contribution in [-0.2, 0) is 32.6 Å². The molecule has 2 amide bonds. The normalized spacial score (nSPS) is 11.8. The monoisotopic (exact) mass is 599 g/mol. The van der Waals surface area contributed by atoms with Gasteiger partial charge in [0.25, 0.3) is 10.0 Å². The summed E-state index contributed by atoms with van der Waals surface area (Å²) in [6.07, 6.45) is 0.242. The van der Waals surface area contributed by atoms with Gasteiger partial charge in [0.2, 0.25) is 11.8 Å². The van der Waals surface area contributed by atoms with Gasteiger partial charge >= 0.3 is 0 Å². The van der Waals surface area contributed by atoms with Crippen molar-refractivity contribution >= 4 is 27.5 Å². The van der Waals surface area contributed by atoms with E-state index >= 15 is 0 Å². The van der Waals surface area contributed by atoms with Crippen molar-refractivity contribution in [1.29, 1.82) is 0 Å². The lowest BCUT2D eigenvalue weighted by molar-refractivity contribution is -0.139. The summed E-state index contributed by atoms with van der Waals surface area (Å²) in [4.78, 5) is 29.2. The Hall–Kier alpha value is -4.63. The molecular formula is C34H37N3O5S. The highest BCUT2D eigenvalue weighted by Crippen LogP contribution is 2.26. The lowest BCUT2D eigenvalue weighted by atomic mass is 10.0. The molecule has 0 unspecified atom stereocenters. The minimum Gasteiger partial charge on any atom is -0.497 e. The van der Waals surface area contributed by atoms with Crippen LogP contribution in [0.25, 0.3) is 0 Å². The summed E-state index contributed by atoms with van der Waals surface area (Å²) in [6.45, 7) is 3.33. The molecule has 0 aliphatic rings. The van der Waals surface area contributed by atoms with Gasteiger partial charge in [0, 0.05) is 20.0 Å². The van der Waals surface area contributed by atoms with Crippen LogP contribution in [0.15, 0.2) is 108 Å². The van der Waals surface area contributed by atoms with E-state index in [4.69, 9.17) is 4.74 Å². The molecule has 4 aromatic carbocycles. The molecule has 0 aromatic heterocycles. The number of rotatable bonds is 12. The average Bonchev–Trinajstić information content (AvgIpc) is 3.02. The number of likely N-dealkylation sites (N-methyl/N-ethyl adjacent to an activating group) is 1. The quantitative estimate of drug-likeness (QED) is 0.250. The standard InChI is InChI=1S/C34H37N3O5S/c1-25-13-17-29(18-14-25)37(43(40,41)31-19-15-26(2)16-20-31)24-33(38)36(23-28-11-8-12-30(21-28)42-4)32(34(39)35-3)22-27-9-6-5-7-10-27/h5-21,32H,22-24H2,1-4H3,(H,35,39)/t32-/m1/s1. The third-order valence-corrected chi connectivity index (χ3v) is 9.00. The number of anilines is 1. The number of aryl methyl sites for hydroxylation is 2. The molecule has 224 valence electrons. The second-order valence-electron chi connectivity index (χ2n) is 10.4. The van der Waals surface area contributed by atoms with E-state index in [1.807, 2.05) is 56.3 Å². The van der Waals surface area contributed by atoms with Crippen molar-refractivity contribution < 1.29 is 22.7 Å². The zero-order valence-corrected chi connectivity index (χ0v) is 25.7. The zero-order chi connectivity index (χ0) is 31.0. The number of methoxy groups -OCH3 is 1. The van der Waals surface area contributed by atoms with E-state index in [1.165, 1.54) is 24.1 Å². The maximum atomic E-state index is 14.3. The van der Waals surface area contributed by atoms with Gasteiger partial charge in [-0.05, 0) is 61.4 Å². The van der Waals surface area contributed by atoms with Crippen molar-refractivity contribution in [2.24, 2.45) is 0 Å². The number of hydrogen-bond acceptors (Lipinski definition) is 5. The molecule has 0 aliphatic heterocycles. The second-order valence-corrected chi connectivity index (χ2v) is 12.2. The Morgan fingerprint density at radius 1 is 0.814 bits per heavy atom. The van der Waals surface area contributed by atoms with Crippen LogP contribution in [0.5, 0.6) is 5.75 Å². The summed E-state index contributed by atoms with van der Waals surface area (Å²) >= 11 is 0. The predicted octanol–water partition coefficient (Wildman–Crippen LogP) is 4.89. The van der Waals surface area contributed by atoms with Crippen LogP contribution >= 0.6 is 0 Å². The molecule has 1 atom stereocenters. The van der Waals surface area contributed by atoms with Gasteiger partial charge in [-0.2, -0.15) is 0 Å². The van der Waals surface area contributed by atoms with E-state index < -0.39 is 28.5 Å². The van der Waals surface area contributed by atoms with Crippen molar-refractivity contribution in [3.63, 3.8) is 0 Å². The van der Waals surface area contributed by atoms with E-state index in [0.717, 1.165) is 26.6 Å². The maximum Gasteiger partial charge on any atom is 0.264 e. The van der Waals surface area contributed by atoms with Crippen LogP contribution in [0.1, 0.15) is 22.3 Å². The fraction of sp³-hybridized carbons (Fsp3) is 0.235. The van der Waals surface area contributed by atoms with E-state index in [0.29, 0.717) is 11.4 Å². The van der Waals surface area contributed by atoms with Crippen LogP contribution < -0.4 is 14.4 Å². The van der Waals surface area contributed by atoms with Gasteiger partial charge in [-0.15, -0.1) is 0 Å². The van der Waals surface area contributed by atoms with Gasteiger partial charge in [0.15, 0.2) is 0 Å². The molecule has 8 nitrogen and oxygen atoms in total. The summed E-state index contributed by atoms with van der Waals surface area (Å²) in [6, 6.07) is 29.2. The highest BCUT2D eigenvalue weighted by molar-refractivity contribution is 7.92. The fourth-order valence-electron chi connectivity index (χ4n) is 4.77. The first-order valence-corrected chi connectivity index (χ1v) is 15.4. The van der Waals surface area contributed by atoms with E-state index in [1.54, 1.807) is 55.6 Å². The zero-order valence-electron chi connectivity index (χ0n) is 24.9. The van der Waals surface area contributed by atoms with Gasteiger partial charge in [-0.25, -0.2) is 8.42 Å². The third kappa shape index (κ3) is 7.81. The molecule has 4 rings (SSSR count). The highest BCUT2D eigenvalue weighted by Gasteiger charge is 2.34. The average molecular weight is 600 g/mol. The molecule has 0 saturated carbocycles. The Balaban J connectivity index is 1.79. The fourth-order valence-corrected chi connectivity index (χ4v) is 6.18. The summed E-state index contributed by atoms with van der Waals surface area (Å²) in [7, 11) is -1.06. The Kier molecular flexibility index (Phi) is 10.2. The molecule has 0 spiro atoms. The first-order valence-electron chi connectivity index (χ1n) is 14.0. The Morgan fingerprint density at radius 2 is 1.42 bits per heavy atom. The molecular weight excluding hydrogens is 562 g/mol. The first-order chi connectivity index (χ1) is 20.6. The molecule has 0 bridgehead atoms. The minimum atomic E-state index is -4.14. The van der Waals surface area contributed by atoms with Crippen LogP contribution in [0, 0.1) is 13.8 Å². The van der Waals surface area contributed by atoms with Crippen LogP contribution in [0.4, 0.5) is 5.69 Å². The molecule has 1 N–H and O–H groups in total. The molecule has 0 aliphatic carbocycles. The number of amides is 2. The maximum absolute atomic E-state index is 14.3. The number of carbonyl (C=O) groups is 2. The van der Waals surface area contributed by atoms with E-state index in [9.17, 15) is 18.0 Å². The minimum absolute atomic E-state index is 0.0628. The van der Waals surface area contributed by atoms with Crippen molar-refractivity contribution in [2.75, 3.05) is 25.0 Å². The largest absolute Gasteiger partial charge is 0.497 e. The summed E-state index contributed by atoms with van der Waals surface area (Å²) in [5.74, 6) is -0.278. The Bertz CT molecular complexity index is 1640. The molecule has 0 fully saturated rings. The number of hydrogen-bond donors (Lipinski definition) is 1. The van der Waals surface area contributed by atoms with Gasteiger partial charge in [-0.3, -0.25) is 13.9 Å². The number of sulfonamides is 1. The predicted molar refractivity (Wildman–Crippen MR) is 168 cm³/mol. The van der Waals surface area contributed by atoms with Gasteiger partial charge in [0.1, 0.15) is 18.3 Å². The van der Waals surface area contributed by atoms with Gasteiger partial charge in [-0.1, -0.05) is 77.9 Å². The highest BCUT2D eigenvalue weighted by atomic mass is 32.2. The molecule has 9 heteroatoms. The number of nitrogens with zero attached hydrogens (tertiary/aromatic N) is 2. The van der Waals surface area contributed by atoms with Crippen molar-refractivity contribution in [3.05, 3.63) is 125 Å². The number of nitrogens with one attached hydrogen (secondary N) is 1. The number of carbonyl (C=O) groups excluding carboxylic acids is 2. The van der Waals surface area contributed by atoms with Crippen molar-refractivity contribution in [3.8, 4) is 5.75 Å². The van der Waals surface area contributed by atoms with E-state index in [2.05, 4.69) is 5.32 Å². The SMILES string of the molecule is CNC(=O)[C@@H](Cc1ccccc1)N(Cc1cccc(OC)c1)C(=O)CN(c1ccc(C)cc1)S(=O)(=O)c1ccc(C)cc1. The first kappa shape index (κ1) is 31.3. The molecule has 43 heavy (non-hydrogen) atoms. The lowest BCUT2D eigenvalue weighted by Crippen LogP contribution is -2.53. The topological polar surface area (TPSA) is 96.0 Å². The molecule has 0 heterocycles. The van der Waals surface area contributed by atoms with Crippen LogP contribution in [0.2, 0.25) is 0 Å². The second kappa shape index (κ2) is 14.0. The number of benzene rings is 4. The summed E-state index contributed by atoms with van der Waals surface area (Å²) < 4.78 is 34.6. The van der Waals surface area contributed by atoms with E-state index in [-0.39, 0.29) is 23.8 Å². The van der Waals surface area contributed by atoms with Crippen molar-refractivity contribution in [1.82, 2.24) is 10.2 Å². The molecule has 0 saturated heterocycles. The lowest BCUT2D eigenvalue weighted by Gasteiger charge is -2.33. The van der Waals surface area contributed by atoms with Crippen LogP contribution in [0.3, 0.4) is 0 Å². The number of ether oxygens (including phenoxy) is 1. The van der Waals surface area contributed by atoms with Gasteiger partial charge in [0.05, 0.1) is 17.7 Å². The Labute approximate surface area is 254 Å².